The number of hydrogen-bond acceptors (Lipinski definition) is 16. The molecule has 0 aliphatic heterocycles. The fraction of sp³-hybridized carbons (Fsp3) is 0.471. The summed E-state index contributed by atoms with van der Waals surface area (Å²) < 4.78 is 85.6. The van der Waals surface area contributed by atoms with Crippen LogP contribution in [0.5, 0.6) is 0 Å². The minimum absolute atomic E-state index is 0. The average molecular weight is 968 g/mol. The predicted molar refractivity (Wildman–Crippen MR) is 219 cm³/mol. The van der Waals surface area contributed by atoms with E-state index in [1.165, 1.54) is 12.1 Å². The Bertz CT molecular complexity index is 1810. The normalized spacial score (nSPS) is 10.5. The van der Waals surface area contributed by atoms with Crippen LogP contribution in [-0.2, 0) is 72.6 Å². The number of nitrogens with two attached hydrogens (primary N) is 1. The zero-order valence-corrected chi connectivity index (χ0v) is 41.6. The molecule has 0 aliphatic rings. The Morgan fingerprint density at radius 2 is 0.984 bits per heavy atom. The first kappa shape index (κ1) is 61.5. The van der Waals surface area contributed by atoms with E-state index >= 15 is 0 Å². The van der Waals surface area contributed by atoms with Crippen LogP contribution in [0, 0.1) is 5.82 Å². The summed E-state index contributed by atoms with van der Waals surface area (Å²) in [6, 6.07) is 15.3. The Labute approximate surface area is 375 Å². The molecule has 0 radical (unpaired) electrons. The van der Waals surface area contributed by atoms with Gasteiger partial charge in [0, 0.05) is 77.2 Å². The molecular formula is C34H57Cl2FN10O10Si4. The highest BCUT2D eigenvalue weighted by Gasteiger charge is 2.37. The summed E-state index contributed by atoms with van der Waals surface area (Å²) in [6.45, 7) is 1.45. The molecule has 2 heterocycles. The molecule has 2 aromatic carbocycles. The lowest BCUT2D eigenvalue weighted by atomic mass is 10.3. The molecule has 0 bridgehead atoms. The van der Waals surface area contributed by atoms with Gasteiger partial charge in [-0.1, -0.05) is 10.2 Å². The topological polar surface area (TPSA) is 229 Å². The molecule has 27 heteroatoms. The van der Waals surface area contributed by atoms with Crippen LogP contribution < -0.4 is 45.0 Å². The third-order valence-electron chi connectivity index (χ3n) is 8.04. The first-order chi connectivity index (χ1) is 28.3. The number of nitrogens with zero attached hydrogens (tertiary/aromatic N) is 8. The Kier molecular flexibility index (Phi) is 36.0. The van der Waals surface area contributed by atoms with E-state index in [4.69, 9.17) is 50.1 Å². The fourth-order valence-corrected chi connectivity index (χ4v) is 8.25. The third kappa shape index (κ3) is 23.8. The number of rotatable bonds is 18. The quantitative estimate of drug-likeness (QED) is 0.0494. The largest absolute Gasteiger partial charge is 1.00 e. The number of aryl methyl sites for hydroxylation is 4. The van der Waals surface area contributed by atoms with Crippen LogP contribution in [0.3, 0.4) is 0 Å². The first-order valence-corrected chi connectivity index (χ1v) is 23.2. The highest BCUT2D eigenvalue weighted by molar-refractivity contribution is 6.60. The van der Waals surface area contributed by atoms with Gasteiger partial charge in [-0.05, 0) is 67.9 Å². The molecule has 0 unspecified atom stereocenters. The van der Waals surface area contributed by atoms with Gasteiger partial charge in [0.1, 0.15) is 17.2 Å². The van der Waals surface area contributed by atoms with Crippen molar-refractivity contribution in [2.75, 3.05) is 61.1 Å². The van der Waals surface area contributed by atoms with Crippen LogP contribution >= 0.6 is 0 Å². The van der Waals surface area contributed by atoms with E-state index < -0.39 is 36.2 Å². The van der Waals surface area contributed by atoms with Crippen molar-refractivity contribution in [3.8, 4) is 0 Å². The number of anilines is 1. The molecular weight excluding hydrogens is 911 g/mol. The maximum atomic E-state index is 12.6. The standard InChI is InChI=1S/C17H27N5O3Si.C11H12FN4.C6H17NO3Si.2ClH.2O2Si/c1-21-12-13-22(2)17(21)20-19-16-9-7-15(8-10-16)18-11-6-14-26(23-3,24-4)25-5;1-15-7-8-16(2)11(15)14-13-10-5-3-9(12)4-6-10;1-8-11(9-2,10-3)6-4-5-7;;;2*1-3-2/h7-10,12-13H,6,11,14H2,1-5H3;3-8H,1-2H3;4-7H2,1-3H3;2*1H;;/q;+1;;;;;/p-1. The van der Waals surface area contributed by atoms with Gasteiger partial charge < -0.3 is 62.4 Å². The van der Waals surface area contributed by atoms with E-state index in [0.717, 1.165) is 54.7 Å². The molecule has 3 N–H and O–H groups in total. The minimum atomic E-state index is -2.48. The van der Waals surface area contributed by atoms with Gasteiger partial charge in [-0.15, -0.1) is 0 Å². The Morgan fingerprint density at radius 1 is 0.639 bits per heavy atom. The predicted octanol–water partition coefficient (Wildman–Crippen LogP) is -1.67. The lowest BCUT2D eigenvalue weighted by Gasteiger charge is -2.24. The highest BCUT2D eigenvalue weighted by Crippen LogP contribution is 2.20. The molecule has 0 saturated heterocycles. The van der Waals surface area contributed by atoms with Crippen LogP contribution in [0.1, 0.15) is 12.8 Å². The first-order valence-electron chi connectivity index (χ1n) is 17.7. The Hall–Kier alpha value is -3.84. The van der Waals surface area contributed by atoms with Crippen molar-refractivity contribution >= 4 is 65.2 Å². The lowest BCUT2D eigenvalue weighted by molar-refractivity contribution is -0.657. The van der Waals surface area contributed by atoms with Crippen LogP contribution in [0.2, 0.25) is 12.1 Å². The van der Waals surface area contributed by atoms with Gasteiger partial charge in [0.15, 0.2) is 0 Å². The van der Waals surface area contributed by atoms with Crippen molar-refractivity contribution in [3.05, 3.63) is 79.1 Å². The molecule has 0 atom stereocenters. The molecule has 20 nitrogen and oxygen atoms in total. The number of nitrogens with one attached hydrogen (secondary N) is 1. The summed E-state index contributed by atoms with van der Waals surface area (Å²) >= 11 is 0. The Balaban J connectivity index is -0.000000823. The molecule has 340 valence electrons. The number of aromatic nitrogens is 4. The second-order valence-corrected chi connectivity index (χ2v) is 18.3. The molecule has 0 spiro atoms. The number of halogens is 3. The van der Waals surface area contributed by atoms with Gasteiger partial charge in [0.25, 0.3) is 0 Å². The van der Waals surface area contributed by atoms with Gasteiger partial charge in [-0.3, -0.25) is 17.8 Å². The zero-order valence-electron chi connectivity index (χ0n) is 36.0. The van der Waals surface area contributed by atoms with E-state index in [0.29, 0.717) is 12.2 Å². The van der Waals surface area contributed by atoms with E-state index in [2.05, 4.69) is 25.8 Å². The number of benzene rings is 2. The van der Waals surface area contributed by atoms with Crippen molar-refractivity contribution in [2.24, 2.45) is 54.4 Å². The molecule has 4 aromatic rings. The van der Waals surface area contributed by atoms with E-state index in [-0.39, 0.29) is 30.6 Å². The van der Waals surface area contributed by atoms with Crippen molar-refractivity contribution in [3.63, 3.8) is 0 Å². The summed E-state index contributed by atoms with van der Waals surface area (Å²) in [4.78, 5) is 0. The number of azo groups is 2. The van der Waals surface area contributed by atoms with Gasteiger partial charge in [-0.2, -0.15) is 0 Å². The van der Waals surface area contributed by atoms with Crippen molar-refractivity contribution in [1.82, 2.24) is 9.13 Å². The second-order valence-electron chi connectivity index (χ2n) is 11.7. The summed E-state index contributed by atoms with van der Waals surface area (Å²) in [6.07, 6.45) is 9.43. The average Bonchev–Trinajstić information content (AvgIpc) is 3.75. The number of imidazole rings is 2. The number of hydrogen-bond donors (Lipinski definition) is 2. The van der Waals surface area contributed by atoms with Crippen LogP contribution in [-0.4, -0.2) is 101 Å². The van der Waals surface area contributed by atoms with Gasteiger partial charge in [-0.25, -0.2) is 22.7 Å². The monoisotopic (exact) mass is 966 g/mol. The maximum Gasteiger partial charge on any atom is 0.549 e. The molecule has 2 aromatic heterocycles. The third-order valence-corrected chi connectivity index (χ3v) is 13.7. The minimum Gasteiger partial charge on any atom is -1.00 e. The maximum absolute atomic E-state index is 12.6. The van der Waals surface area contributed by atoms with Crippen molar-refractivity contribution in [1.29, 1.82) is 0 Å². The summed E-state index contributed by atoms with van der Waals surface area (Å²) in [7, 11) is 9.75. The molecule has 0 fully saturated rings. The van der Waals surface area contributed by atoms with E-state index in [9.17, 15) is 4.39 Å². The van der Waals surface area contributed by atoms with Gasteiger partial charge in [0.05, 0.1) is 53.0 Å². The Morgan fingerprint density at radius 3 is 1.30 bits per heavy atom. The summed E-state index contributed by atoms with van der Waals surface area (Å²) in [5.74, 6) is 1.24. The molecule has 0 saturated carbocycles. The van der Waals surface area contributed by atoms with Gasteiger partial charge in [0.2, 0.25) is 0 Å². The van der Waals surface area contributed by atoms with Crippen LogP contribution in [0.4, 0.5) is 33.3 Å². The van der Waals surface area contributed by atoms with Gasteiger partial charge >= 0.3 is 48.1 Å². The lowest BCUT2D eigenvalue weighted by Crippen LogP contribution is -3.00. The van der Waals surface area contributed by atoms with Crippen LogP contribution in [0.15, 0.2) is 93.8 Å². The smallest absolute Gasteiger partial charge is 0.549 e. The zero-order chi connectivity index (χ0) is 44.7. The van der Waals surface area contributed by atoms with Crippen LogP contribution in [0.25, 0.3) is 0 Å². The highest BCUT2D eigenvalue weighted by atomic mass is 35.5. The molecule has 4 rings (SSSR count). The summed E-state index contributed by atoms with van der Waals surface area (Å²) in [5, 5.41) is 20.1. The molecule has 0 amide bonds. The van der Waals surface area contributed by atoms with Crippen molar-refractivity contribution in [2.45, 2.75) is 24.9 Å². The molecule has 0 aliphatic carbocycles. The molecule has 61 heavy (non-hydrogen) atoms. The van der Waals surface area contributed by atoms with Crippen molar-refractivity contribution < 1.29 is 82.7 Å². The second kappa shape index (κ2) is 35.7. The van der Waals surface area contributed by atoms with E-state index in [1.807, 2.05) is 95.5 Å². The fourth-order valence-electron chi connectivity index (χ4n) is 4.77. The van der Waals surface area contributed by atoms with E-state index in [1.54, 1.807) is 54.8 Å². The summed E-state index contributed by atoms with van der Waals surface area (Å²) in [5.41, 5.74) is 7.82. The SMILES string of the molecule is CO[Si](CCCN)(OC)OC.CO[Si](CCCNc1ccc(N=Nc2n(C)cc[n+]2C)cc1)(OC)OC.Cn1cc[n+](C)c1N=Nc1ccc(F)cc1.O=[Si]=O.O=[Si]=O.[Cl-].[Cl-].